The molecule has 1 amide bonds. The molecule has 32 heavy (non-hydrogen) atoms. The normalized spacial score (nSPS) is 17.0. The Balaban J connectivity index is 1.24. The SMILES string of the molecule is O=C(OCC1c2ccccc2-c2ccccc21)N1CCC(O)(c2ccc(F)c(F)c2)CC1. The van der Waals surface area contributed by atoms with Crippen molar-refractivity contribution in [3.05, 3.63) is 95.1 Å². The maximum absolute atomic E-state index is 13.6. The van der Waals surface area contributed by atoms with Crippen molar-refractivity contribution in [2.24, 2.45) is 0 Å². The van der Waals surface area contributed by atoms with Crippen LogP contribution in [0.5, 0.6) is 0 Å². The molecule has 1 aliphatic heterocycles. The largest absolute Gasteiger partial charge is 0.448 e. The standard InChI is InChI=1S/C26H23F2NO3/c27-23-10-9-17(15-24(23)28)26(31)11-13-29(14-12-26)25(30)32-16-22-20-7-3-1-5-18(20)19-6-2-4-8-21(19)22/h1-10,15,22,31H,11-14,16H2. The van der Waals surface area contributed by atoms with Crippen molar-refractivity contribution in [3.8, 4) is 11.1 Å². The Morgan fingerprint density at radius 3 is 2.12 bits per heavy atom. The Labute approximate surface area is 185 Å². The summed E-state index contributed by atoms with van der Waals surface area (Å²) in [6, 6.07) is 19.7. The number of rotatable bonds is 3. The molecule has 3 aromatic rings. The van der Waals surface area contributed by atoms with Crippen LogP contribution in [-0.4, -0.2) is 35.8 Å². The van der Waals surface area contributed by atoms with E-state index in [9.17, 15) is 18.7 Å². The molecule has 5 rings (SSSR count). The van der Waals surface area contributed by atoms with Gasteiger partial charge in [-0.2, -0.15) is 0 Å². The quantitative estimate of drug-likeness (QED) is 0.616. The Kier molecular flexibility index (Phi) is 5.18. The smallest absolute Gasteiger partial charge is 0.409 e. The zero-order valence-corrected chi connectivity index (χ0v) is 17.4. The van der Waals surface area contributed by atoms with Gasteiger partial charge in [0.15, 0.2) is 11.6 Å². The van der Waals surface area contributed by atoms with Gasteiger partial charge < -0.3 is 14.7 Å². The van der Waals surface area contributed by atoms with Crippen molar-refractivity contribution < 1.29 is 23.4 Å². The van der Waals surface area contributed by atoms with E-state index in [0.717, 1.165) is 23.3 Å². The van der Waals surface area contributed by atoms with Gasteiger partial charge in [-0.3, -0.25) is 0 Å². The molecule has 4 nitrogen and oxygen atoms in total. The van der Waals surface area contributed by atoms with Crippen LogP contribution in [0, 0.1) is 11.6 Å². The molecule has 2 aliphatic rings. The van der Waals surface area contributed by atoms with Crippen LogP contribution in [0.3, 0.4) is 0 Å². The van der Waals surface area contributed by atoms with Crippen molar-refractivity contribution >= 4 is 6.09 Å². The zero-order valence-electron chi connectivity index (χ0n) is 17.4. The Bertz CT molecular complexity index is 1130. The molecule has 1 fully saturated rings. The third-order valence-electron chi connectivity index (χ3n) is 6.64. The molecule has 6 heteroatoms. The van der Waals surface area contributed by atoms with E-state index < -0.39 is 23.3 Å². The van der Waals surface area contributed by atoms with Gasteiger partial charge in [0.2, 0.25) is 0 Å². The number of carbonyl (C=O) groups is 1. The molecule has 1 heterocycles. The lowest BCUT2D eigenvalue weighted by molar-refractivity contribution is -0.0252. The average Bonchev–Trinajstić information content (AvgIpc) is 3.13. The van der Waals surface area contributed by atoms with Gasteiger partial charge in [0.1, 0.15) is 6.61 Å². The van der Waals surface area contributed by atoms with E-state index in [-0.39, 0.29) is 38.5 Å². The van der Waals surface area contributed by atoms with Gasteiger partial charge in [0.25, 0.3) is 0 Å². The molecule has 164 valence electrons. The third kappa shape index (κ3) is 3.54. The second-order valence-corrected chi connectivity index (χ2v) is 8.45. The molecule has 1 saturated heterocycles. The van der Waals surface area contributed by atoms with Gasteiger partial charge in [-0.05, 0) is 52.8 Å². The Morgan fingerprint density at radius 1 is 0.938 bits per heavy atom. The number of hydrogen-bond donors (Lipinski definition) is 1. The molecule has 0 aromatic heterocycles. The summed E-state index contributed by atoms with van der Waals surface area (Å²) in [5, 5.41) is 10.9. The van der Waals surface area contributed by atoms with Crippen molar-refractivity contribution in [3.63, 3.8) is 0 Å². The lowest BCUT2D eigenvalue weighted by atomic mass is 9.84. The molecule has 0 unspecified atom stereocenters. The maximum atomic E-state index is 13.6. The fraction of sp³-hybridized carbons (Fsp3) is 0.269. The molecule has 0 saturated carbocycles. The van der Waals surface area contributed by atoms with Crippen LogP contribution in [-0.2, 0) is 10.3 Å². The van der Waals surface area contributed by atoms with E-state index in [4.69, 9.17) is 4.74 Å². The van der Waals surface area contributed by atoms with E-state index in [0.29, 0.717) is 5.56 Å². The van der Waals surface area contributed by atoms with E-state index >= 15 is 0 Å². The molecule has 1 N–H and O–H groups in total. The lowest BCUT2D eigenvalue weighted by Crippen LogP contribution is -2.45. The minimum atomic E-state index is -1.30. The average molecular weight is 435 g/mol. The summed E-state index contributed by atoms with van der Waals surface area (Å²) in [5.41, 5.74) is 3.65. The second kappa shape index (κ2) is 8.02. The number of benzene rings is 3. The van der Waals surface area contributed by atoms with E-state index in [2.05, 4.69) is 24.3 Å². The molecule has 3 aromatic carbocycles. The predicted octanol–water partition coefficient (Wildman–Crippen LogP) is 5.20. The first-order valence-corrected chi connectivity index (χ1v) is 10.7. The summed E-state index contributed by atoms with van der Waals surface area (Å²) in [6.07, 6.45) is 0.0176. The maximum Gasteiger partial charge on any atom is 0.409 e. The van der Waals surface area contributed by atoms with Crippen LogP contribution in [0.2, 0.25) is 0 Å². The number of nitrogens with zero attached hydrogens (tertiary/aromatic N) is 1. The van der Waals surface area contributed by atoms with Crippen LogP contribution in [0.4, 0.5) is 13.6 Å². The first-order chi connectivity index (χ1) is 15.5. The minimum absolute atomic E-state index is 0.0183. The Hall–Kier alpha value is -3.25. The highest BCUT2D eigenvalue weighted by atomic mass is 19.2. The first kappa shape index (κ1) is 20.6. The lowest BCUT2D eigenvalue weighted by Gasteiger charge is -2.38. The molecular weight excluding hydrogens is 412 g/mol. The summed E-state index contributed by atoms with van der Waals surface area (Å²) in [5.74, 6) is -1.96. The molecule has 0 atom stereocenters. The van der Waals surface area contributed by atoms with Crippen LogP contribution < -0.4 is 0 Å². The summed E-state index contributed by atoms with van der Waals surface area (Å²) >= 11 is 0. The highest BCUT2D eigenvalue weighted by Crippen LogP contribution is 2.44. The molecule has 0 bridgehead atoms. The van der Waals surface area contributed by atoms with Gasteiger partial charge in [0, 0.05) is 19.0 Å². The number of piperidine rings is 1. The fourth-order valence-corrected chi connectivity index (χ4v) is 4.82. The number of ether oxygens (including phenoxy) is 1. The number of likely N-dealkylation sites (tertiary alicyclic amines) is 1. The first-order valence-electron chi connectivity index (χ1n) is 10.7. The monoisotopic (exact) mass is 435 g/mol. The van der Waals surface area contributed by atoms with E-state index in [1.165, 1.54) is 17.2 Å². The van der Waals surface area contributed by atoms with Crippen molar-refractivity contribution in [1.82, 2.24) is 4.90 Å². The topological polar surface area (TPSA) is 49.8 Å². The van der Waals surface area contributed by atoms with E-state index in [1.54, 1.807) is 4.90 Å². The van der Waals surface area contributed by atoms with Crippen LogP contribution in [0.25, 0.3) is 11.1 Å². The van der Waals surface area contributed by atoms with Gasteiger partial charge >= 0.3 is 6.09 Å². The summed E-state index contributed by atoms with van der Waals surface area (Å²) in [7, 11) is 0. The minimum Gasteiger partial charge on any atom is -0.448 e. The number of amides is 1. The van der Waals surface area contributed by atoms with Crippen molar-refractivity contribution in [2.45, 2.75) is 24.4 Å². The summed E-state index contributed by atoms with van der Waals surface area (Å²) < 4.78 is 32.5. The number of hydrogen-bond acceptors (Lipinski definition) is 3. The predicted molar refractivity (Wildman–Crippen MR) is 116 cm³/mol. The number of fused-ring (bicyclic) bond motifs is 3. The van der Waals surface area contributed by atoms with Gasteiger partial charge in [-0.1, -0.05) is 54.6 Å². The molecule has 1 aliphatic carbocycles. The number of aliphatic hydroxyl groups is 1. The third-order valence-corrected chi connectivity index (χ3v) is 6.64. The van der Waals surface area contributed by atoms with Gasteiger partial charge in [-0.15, -0.1) is 0 Å². The molecule has 0 spiro atoms. The Morgan fingerprint density at radius 2 is 1.53 bits per heavy atom. The number of carbonyl (C=O) groups excluding carboxylic acids is 1. The van der Waals surface area contributed by atoms with E-state index in [1.807, 2.05) is 24.3 Å². The molecule has 0 radical (unpaired) electrons. The van der Waals surface area contributed by atoms with Crippen molar-refractivity contribution in [1.29, 1.82) is 0 Å². The highest BCUT2D eigenvalue weighted by Gasteiger charge is 2.37. The summed E-state index contributed by atoms with van der Waals surface area (Å²) in [6.45, 7) is 0.773. The van der Waals surface area contributed by atoms with Gasteiger partial charge in [-0.25, -0.2) is 13.6 Å². The van der Waals surface area contributed by atoms with Crippen LogP contribution >= 0.6 is 0 Å². The summed E-state index contributed by atoms with van der Waals surface area (Å²) in [4.78, 5) is 14.3. The highest BCUT2D eigenvalue weighted by molar-refractivity contribution is 5.79. The molecular formula is C26H23F2NO3. The van der Waals surface area contributed by atoms with Crippen LogP contribution in [0.15, 0.2) is 66.7 Å². The van der Waals surface area contributed by atoms with Crippen LogP contribution in [0.1, 0.15) is 35.4 Å². The number of halogens is 2. The second-order valence-electron chi connectivity index (χ2n) is 8.45. The zero-order chi connectivity index (χ0) is 22.3. The van der Waals surface area contributed by atoms with Gasteiger partial charge in [0.05, 0.1) is 5.60 Å². The van der Waals surface area contributed by atoms with Crippen molar-refractivity contribution in [2.75, 3.05) is 19.7 Å². The fourth-order valence-electron chi connectivity index (χ4n) is 4.82.